The van der Waals surface area contributed by atoms with Crippen LogP contribution in [0, 0.1) is 5.92 Å². The van der Waals surface area contributed by atoms with Crippen molar-refractivity contribution in [2.75, 3.05) is 0 Å². The lowest BCUT2D eigenvalue weighted by molar-refractivity contribution is -0.134. The smallest absolute Gasteiger partial charge is 0.249 e. The van der Waals surface area contributed by atoms with Crippen LogP contribution >= 0.6 is 0 Å². The molecule has 0 saturated carbocycles. The highest BCUT2D eigenvalue weighted by atomic mass is 16.3. The van der Waals surface area contributed by atoms with Gasteiger partial charge in [-0.2, -0.15) is 0 Å². The molecular formula is C13H24N2O4. The van der Waals surface area contributed by atoms with E-state index in [1.165, 1.54) is 0 Å². The molecule has 2 amide bonds. The van der Waals surface area contributed by atoms with Crippen LogP contribution in [-0.2, 0) is 14.4 Å². The summed E-state index contributed by atoms with van der Waals surface area (Å²) in [5, 5.41) is 12.0. The second kappa shape index (κ2) is 8.63. The van der Waals surface area contributed by atoms with Gasteiger partial charge in [-0.3, -0.25) is 14.4 Å². The molecule has 6 nitrogen and oxygen atoms in total. The fourth-order valence-corrected chi connectivity index (χ4v) is 1.59. The Morgan fingerprint density at radius 2 is 1.84 bits per heavy atom. The predicted molar refractivity (Wildman–Crippen MR) is 71.1 cm³/mol. The van der Waals surface area contributed by atoms with Gasteiger partial charge in [0.05, 0.1) is 0 Å². The number of carbonyl (C=O) groups excluding carboxylic acids is 3. The average molecular weight is 272 g/mol. The normalized spacial score (nSPS) is 13.9. The Morgan fingerprint density at radius 1 is 1.26 bits per heavy atom. The van der Waals surface area contributed by atoms with E-state index in [1.54, 1.807) is 6.92 Å². The van der Waals surface area contributed by atoms with Gasteiger partial charge in [0, 0.05) is 12.8 Å². The maximum absolute atomic E-state index is 11.7. The van der Waals surface area contributed by atoms with Gasteiger partial charge in [0.15, 0.2) is 0 Å². The van der Waals surface area contributed by atoms with Gasteiger partial charge in [-0.15, -0.1) is 0 Å². The molecular weight excluding hydrogens is 248 g/mol. The monoisotopic (exact) mass is 272 g/mol. The molecule has 0 aliphatic heterocycles. The maximum Gasteiger partial charge on any atom is 0.249 e. The third kappa shape index (κ3) is 7.56. The zero-order chi connectivity index (χ0) is 15.0. The lowest BCUT2D eigenvalue weighted by Crippen LogP contribution is -2.48. The third-order valence-electron chi connectivity index (χ3n) is 2.76. The van der Waals surface area contributed by atoms with Crippen LogP contribution in [0.4, 0.5) is 0 Å². The minimum atomic E-state index is -1.16. The van der Waals surface area contributed by atoms with Crippen LogP contribution in [0.25, 0.3) is 0 Å². The summed E-state index contributed by atoms with van der Waals surface area (Å²) in [6, 6.07) is -0.912. The molecule has 0 saturated heterocycles. The lowest BCUT2D eigenvalue weighted by atomic mass is 10.0. The van der Waals surface area contributed by atoms with Crippen molar-refractivity contribution < 1.29 is 19.5 Å². The van der Waals surface area contributed by atoms with Gasteiger partial charge in [0.2, 0.25) is 11.8 Å². The first kappa shape index (κ1) is 17.6. The molecule has 0 bridgehead atoms. The summed E-state index contributed by atoms with van der Waals surface area (Å²) in [4.78, 5) is 34.0. The molecule has 110 valence electrons. The topological polar surface area (TPSA) is 109 Å². The fourth-order valence-electron chi connectivity index (χ4n) is 1.59. The number of hydrogen-bond donors (Lipinski definition) is 3. The van der Waals surface area contributed by atoms with Gasteiger partial charge in [0.1, 0.15) is 17.9 Å². The first-order valence-corrected chi connectivity index (χ1v) is 6.57. The number of nitrogens with two attached hydrogens (primary N) is 1. The summed E-state index contributed by atoms with van der Waals surface area (Å²) in [5.74, 6) is -1.16. The van der Waals surface area contributed by atoms with E-state index in [9.17, 15) is 19.5 Å². The van der Waals surface area contributed by atoms with Gasteiger partial charge in [-0.05, 0) is 18.8 Å². The molecule has 0 unspecified atom stereocenters. The molecule has 0 aromatic carbocycles. The number of nitrogens with one attached hydrogen (secondary N) is 1. The minimum absolute atomic E-state index is 0.00299. The lowest BCUT2D eigenvalue weighted by Gasteiger charge is -2.18. The van der Waals surface area contributed by atoms with Gasteiger partial charge < -0.3 is 16.2 Å². The van der Waals surface area contributed by atoms with Crippen LogP contribution in [0.1, 0.15) is 46.5 Å². The number of aliphatic hydroxyl groups excluding tert-OH is 1. The van der Waals surface area contributed by atoms with Crippen LogP contribution in [-0.4, -0.2) is 34.8 Å². The molecule has 0 fully saturated rings. The van der Waals surface area contributed by atoms with Crippen molar-refractivity contribution >= 4 is 17.6 Å². The SMILES string of the molecule is CCC(=O)CC[C@@H](NC(=O)[C@@H](O)CC(C)C)C(N)=O. The Labute approximate surface area is 113 Å². The Hall–Kier alpha value is -1.43. The molecule has 6 heteroatoms. The summed E-state index contributed by atoms with van der Waals surface area (Å²) < 4.78 is 0. The van der Waals surface area contributed by atoms with E-state index in [0.29, 0.717) is 12.8 Å². The standard InChI is InChI=1S/C13H24N2O4/c1-4-9(16)5-6-10(12(14)18)15-13(19)11(17)7-8(2)3/h8,10-11,17H,4-7H2,1-3H3,(H2,14,18)(H,15,19)/t10-,11+/m1/s1. The number of hydrogen-bond acceptors (Lipinski definition) is 4. The average Bonchev–Trinajstić information content (AvgIpc) is 2.32. The van der Waals surface area contributed by atoms with E-state index in [2.05, 4.69) is 5.32 Å². The van der Waals surface area contributed by atoms with Gasteiger partial charge in [-0.1, -0.05) is 20.8 Å². The van der Waals surface area contributed by atoms with Crippen molar-refractivity contribution in [3.8, 4) is 0 Å². The highest BCUT2D eigenvalue weighted by molar-refractivity contribution is 5.89. The Kier molecular flexibility index (Phi) is 7.98. The van der Waals surface area contributed by atoms with Gasteiger partial charge in [0.25, 0.3) is 0 Å². The summed E-state index contributed by atoms with van der Waals surface area (Å²) in [6.07, 6.45) is -0.114. The highest BCUT2D eigenvalue weighted by Crippen LogP contribution is 2.06. The van der Waals surface area contributed by atoms with E-state index in [-0.39, 0.29) is 24.5 Å². The van der Waals surface area contributed by atoms with Gasteiger partial charge >= 0.3 is 0 Å². The molecule has 0 radical (unpaired) electrons. The van der Waals surface area contributed by atoms with Crippen molar-refractivity contribution in [3.05, 3.63) is 0 Å². The number of rotatable bonds is 9. The molecule has 4 N–H and O–H groups in total. The summed E-state index contributed by atoms with van der Waals surface area (Å²) in [6.45, 7) is 5.48. The molecule has 0 rings (SSSR count). The molecule has 0 spiro atoms. The predicted octanol–water partition coefficient (Wildman–Crippen LogP) is 0.123. The quantitative estimate of drug-likeness (QED) is 0.554. The summed E-state index contributed by atoms with van der Waals surface area (Å²) in [5.41, 5.74) is 5.17. The number of amides is 2. The van der Waals surface area contributed by atoms with E-state index >= 15 is 0 Å². The Bertz CT molecular complexity index is 329. The van der Waals surface area contributed by atoms with Crippen molar-refractivity contribution in [1.82, 2.24) is 5.32 Å². The first-order chi connectivity index (χ1) is 8.77. The molecule has 0 aromatic heterocycles. The van der Waals surface area contributed by atoms with Gasteiger partial charge in [-0.25, -0.2) is 0 Å². The molecule has 0 aliphatic rings. The molecule has 0 aliphatic carbocycles. The maximum atomic E-state index is 11.7. The molecule has 2 atom stereocenters. The van der Waals surface area contributed by atoms with Crippen molar-refractivity contribution in [2.45, 2.75) is 58.6 Å². The first-order valence-electron chi connectivity index (χ1n) is 6.57. The molecule has 0 aromatic rings. The van der Waals surface area contributed by atoms with E-state index in [1.807, 2.05) is 13.8 Å². The Morgan fingerprint density at radius 3 is 2.26 bits per heavy atom. The minimum Gasteiger partial charge on any atom is -0.383 e. The zero-order valence-electron chi connectivity index (χ0n) is 11.8. The van der Waals surface area contributed by atoms with Crippen LogP contribution < -0.4 is 11.1 Å². The van der Waals surface area contributed by atoms with Crippen LogP contribution in [0.5, 0.6) is 0 Å². The largest absolute Gasteiger partial charge is 0.383 e. The second-order valence-corrected chi connectivity index (χ2v) is 5.04. The van der Waals surface area contributed by atoms with E-state index in [0.717, 1.165) is 0 Å². The molecule has 0 heterocycles. The van der Waals surface area contributed by atoms with Crippen LogP contribution in [0.3, 0.4) is 0 Å². The summed E-state index contributed by atoms with van der Waals surface area (Å²) in [7, 11) is 0. The van der Waals surface area contributed by atoms with Crippen LogP contribution in [0.2, 0.25) is 0 Å². The van der Waals surface area contributed by atoms with Crippen molar-refractivity contribution in [2.24, 2.45) is 11.7 Å². The number of ketones is 1. The van der Waals surface area contributed by atoms with E-state index < -0.39 is 24.0 Å². The zero-order valence-corrected chi connectivity index (χ0v) is 11.8. The number of carbonyl (C=O) groups is 3. The molecule has 19 heavy (non-hydrogen) atoms. The second-order valence-electron chi connectivity index (χ2n) is 5.04. The van der Waals surface area contributed by atoms with Crippen LogP contribution in [0.15, 0.2) is 0 Å². The van der Waals surface area contributed by atoms with E-state index in [4.69, 9.17) is 5.73 Å². The summed E-state index contributed by atoms with van der Waals surface area (Å²) >= 11 is 0. The highest BCUT2D eigenvalue weighted by Gasteiger charge is 2.23. The number of aliphatic hydroxyl groups is 1. The fraction of sp³-hybridized carbons (Fsp3) is 0.769. The van der Waals surface area contributed by atoms with Crippen molar-refractivity contribution in [1.29, 1.82) is 0 Å². The number of Topliss-reactive ketones (excluding diaryl/α,β-unsaturated/α-hetero) is 1. The third-order valence-corrected chi connectivity index (χ3v) is 2.76. The number of primary amides is 1. The Balaban J connectivity index is 4.37. The van der Waals surface area contributed by atoms with Crippen molar-refractivity contribution in [3.63, 3.8) is 0 Å².